The number of rotatable bonds is 4. The van der Waals surface area contributed by atoms with E-state index in [0.717, 1.165) is 24.4 Å². The minimum atomic E-state index is 0.181. The lowest BCUT2D eigenvalue weighted by atomic mass is 9.91. The maximum Gasteiger partial charge on any atom is 0.176 e. The molecular formula is C16H23NO2. The Kier molecular flexibility index (Phi) is 4.59. The molecule has 3 heteroatoms. The van der Waals surface area contributed by atoms with Gasteiger partial charge in [0.1, 0.15) is 5.75 Å². The zero-order valence-corrected chi connectivity index (χ0v) is 12.1. The maximum atomic E-state index is 12.3. The summed E-state index contributed by atoms with van der Waals surface area (Å²) in [6.45, 7) is 7.10. The molecule has 2 rings (SSSR count). The Balaban J connectivity index is 2.00. The summed E-state index contributed by atoms with van der Waals surface area (Å²) in [5.41, 5.74) is 0.741. The summed E-state index contributed by atoms with van der Waals surface area (Å²) in [7, 11) is 1.62. The zero-order chi connectivity index (χ0) is 13.8. The SMILES string of the molecule is COc1cccc(C(=O)CN2CC(C)CC(C)C2)c1. The van der Waals surface area contributed by atoms with Gasteiger partial charge in [0.25, 0.3) is 0 Å². The molecule has 0 N–H and O–H groups in total. The van der Waals surface area contributed by atoms with Crippen molar-refractivity contribution in [2.45, 2.75) is 20.3 Å². The van der Waals surface area contributed by atoms with Crippen LogP contribution in [0.3, 0.4) is 0 Å². The first kappa shape index (κ1) is 14.1. The van der Waals surface area contributed by atoms with E-state index in [1.165, 1.54) is 6.42 Å². The average molecular weight is 261 g/mol. The van der Waals surface area contributed by atoms with Gasteiger partial charge in [-0.1, -0.05) is 26.0 Å². The van der Waals surface area contributed by atoms with Gasteiger partial charge in [0.2, 0.25) is 0 Å². The zero-order valence-electron chi connectivity index (χ0n) is 12.1. The lowest BCUT2D eigenvalue weighted by Crippen LogP contribution is -2.41. The van der Waals surface area contributed by atoms with Crippen LogP contribution in [0, 0.1) is 11.8 Å². The van der Waals surface area contributed by atoms with Gasteiger partial charge in [0.05, 0.1) is 13.7 Å². The molecule has 1 saturated heterocycles. The van der Waals surface area contributed by atoms with Crippen molar-refractivity contribution >= 4 is 5.78 Å². The van der Waals surface area contributed by atoms with Crippen LogP contribution in [0.4, 0.5) is 0 Å². The summed E-state index contributed by atoms with van der Waals surface area (Å²) >= 11 is 0. The van der Waals surface area contributed by atoms with E-state index in [9.17, 15) is 4.79 Å². The maximum absolute atomic E-state index is 12.3. The summed E-state index contributed by atoms with van der Waals surface area (Å²) in [6, 6.07) is 7.41. The fraction of sp³-hybridized carbons (Fsp3) is 0.562. The van der Waals surface area contributed by atoms with Crippen molar-refractivity contribution in [2.24, 2.45) is 11.8 Å². The topological polar surface area (TPSA) is 29.5 Å². The number of ketones is 1. The summed E-state index contributed by atoms with van der Waals surface area (Å²) in [6.07, 6.45) is 1.27. The van der Waals surface area contributed by atoms with Crippen LogP contribution in [0.5, 0.6) is 5.75 Å². The molecule has 2 unspecified atom stereocenters. The van der Waals surface area contributed by atoms with Crippen molar-refractivity contribution in [1.82, 2.24) is 4.90 Å². The van der Waals surface area contributed by atoms with E-state index in [4.69, 9.17) is 4.74 Å². The first-order chi connectivity index (χ1) is 9.08. The van der Waals surface area contributed by atoms with Gasteiger partial charge in [-0.25, -0.2) is 0 Å². The van der Waals surface area contributed by atoms with Gasteiger partial charge in [-0.15, -0.1) is 0 Å². The highest BCUT2D eigenvalue weighted by molar-refractivity contribution is 5.97. The largest absolute Gasteiger partial charge is 0.497 e. The lowest BCUT2D eigenvalue weighted by molar-refractivity contribution is 0.0849. The summed E-state index contributed by atoms with van der Waals surface area (Å²) in [4.78, 5) is 14.6. The monoisotopic (exact) mass is 261 g/mol. The molecule has 3 nitrogen and oxygen atoms in total. The number of piperidine rings is 1. The van der Waals surface area contributed by atoms with Crippen LogP contribution in [0.1, 0.15) is 30.6 Å². The highest BCUT2D eigenvalue weighted by Crippen LogP contribution is 2.21. The molecular weight excluding hydrogens is 238 g/mol. The Morgan fingerprint density at radius 2 is 2.00 bits per heavy atom. The molecule has 1 aliphatic heterocycles. The quantitative estimate of drug-likeness (QED) is 0.781. The average Bonchev–Trinajstić information content (AvgIpc) is 2.37. The molecule has 0 radical (unpaired) electrons. The second-order valence-electron chi connectivity index (χ2n) is 5.80. The predicted molar refractivity (Wildman–Crippen MR) is 76.7 cm³/mol. The van der Waals surface area contributed by atoms with Crippen molar-refractivity contribution in [3.63, 3.8) is 0 Å². The molecule has 1 fully saturated rings. The molecule has 2 atom stereocenters. The molecule has 1 aliphatic rings. The molecule has 1 aromatic rings. The van der Waals surface area contributed by atoms with Crippen LogP contribution >= 0.6 is 0 Å². The fourth-order valence-corrected chi connectivity index (χ4v) is 3.01. The second-order valence-corrected chi connectivity index (χ2v) is 5.80. The number of carbonyl (C=O) groups is 1. The minimum Gasteiger partial charge on any atom is -0.497 e. The van der Waals surface area contributed by atoms with Gasteiger partial charge in [0.15, 0.2) is 5.78 Å². The van der Waals surface area contributed by atoms with Gasteiger partial charge in [-0.05, 0) is 30.4 Å². The number of benzene rings is 1. The van der Waals surface area contributed by atoms with E-state index < -0.39 is 0 Å². The summed E-state index contributed by atoms with van der Waals surface area (Å²) in [5, 5.41) is 0. The molecule has 0 amide bonds. The van der Waals surface area contributed by atoms with Gasteiger partial charge >= 0.3 is 0 Å². The highest BCUT2D eigenvalue weighted by Gasteiger charge is 2.23. The third kappa shape index (κ3) is 3.80. The third-order valence-corrected chi connectivity index (χ3v) is 3.70. The van der Waals surface area contributed by atoms with Crippen molar-refractivity contribution in [1.29, 1.82) is 0 Å². The van der Waals surface area contributed by atoms with Gasteiger partial charge in [0, 0.05) is 18.7 Å². The number of Topliss-reactive ketones (excluding diaryl/α,β-unsaturated/α-hetero) is 1. The molecule has 1 heterocycles. The fourth-order valence-electron chi connectivity index (χ4n) is 3.01. The molecule has 19 heavy (non-hydrogen) atoms. The van der Waals surface area contributed by atoms with Gasteiger partial charge in [-0.2, -0.15) is 0 Å². The number of methoxy groups -OCH3 is 1. The second kappa shape index (κ2) is 6.20. The first-order valence-corrected chi connectivity index (χ1v) is 6.98. The van der Waals surface area contributed by atoms with Crippen LogP contribution in [0.2, 0.25) is 0 Å². The molecule has 0 aliphatic carbocycles. The molecule has 0 spiro atoms. The normalized spacial score (nSPS) is 24.2. The van der Waals surface area contributed by atoms with Crippen LogP contribution in [-0.2, 0) is 0 Å². The Labute approximate surface area is 115 Å². The van der Waals surface area contributed by atoms with E-state index in [0.29, 0.717) is 18.4 Å². The predicted octanol–water partition coefficient (Wildman–Crippen LogP) is 2.86. The highest BCUT2D eigenvalue weighted by atomic mass is 16.5. The Bertz CT molecular complexity index is 434. The third-order valence-electron chi connectivity index (χ3n) is 3.70. The molecule has 0 saturated carbocycles. The molecule has 1 aromatic carbocycles. The van der Waals surface area contributed by atoms with Gasteiger partial charge in [-0.3, -0.25) is 9.69 Å². The van der Waals surface area contributed by atoms with Crippen LogP contribution in [-0.4, -0.2) is 37.4 Å². The van der Waals surface area contributed by atoms with E-state index in [-0.39, 0.29) is 5.78 Å². The van der Waals surface area contributed by atoms with Crippen molar-refractivity contribution in [3.8, 4) is 5.75 Å². The molecule has 0 aromatic heterocycles. The van der Waals surface area contributed by atoms with Crippen LogP contribution < -0.4 is 4.74 Å². The minimum absolute atomic E-state index is 0.181. The van der Waals surface area contributed by atoms with Crippen molar-refractivity contribution in [2.75, 3.05) is 26.7 Å². The summed E-state index contributed by atoms with van der Waals surface area (Å²) < 4.78 is 5.16. The number of likely N-dealkylation sites (tertiary alicyclic amines) is 1. The number of hydrogen-bond donors (Lipinski definition) is 0. The molecule has 104 valence electrons. The number of carbonyl (C=O) groups excluding carboxylic acids is 1. The van der Waals surface area contributed by atoms with E-state index in [2.05, 4.69) is 18.7 Å². The Morgan fingerprint density at radius 3 is 2.63 bits per heavy atom. The van der Waals surface area contributed by atoms with E-state index in [1.54, 1.807) is 7.11 Å². The Morgan fingerprint density at radius 1 is 1.32 bits per heavy atom. The number of ether oxygens (including phenoxy) is 1. The van der Waals surface area contributed by atoms with Crippen LogP contribution in [0.15, 0.2) is 24.3 Å². The van der Waals surface area contributed by atoms with Crippen LogP contribution in [0.25, 0.3) is 0 Å². The smallest absolute Gasteiger partial charge is 0.176 e. The molecule has 0 bridgehead atoms. The van der Waals surface area contributed by atoms with Crippen molar-refractivity contribution < 1.29 is 9.53 Å². The standard InChI is InChI=1S/C16H23NO2/c1-12-7-13(2)10-17(9-12)11-16(18)14-5-4-6-15(8-14)19-3/h4-6,8,12-13H,7,9-11H2,1-3H3. The van der Waals surface area contributed by atoms with E-state index >= 15 is 0 Å². The van der Waals surface area contributed by atoms with Gasteiger partial charge < -0.3 is 4.74 Å². The number of hydrogen-bond acceptors (Lipinski definition) is 3. The lowest BCUT2D eigenvalue weighted by Gasteiger charge is -2.34. The first-order valence-electron chi connectivity index (χ1n) is 6.98. The Hall–Kier alpha value is -1.35. The van der Waals surface area contributed by atoms with E-state index in [1.807, 2.05) is 24.3 Å². The van der Waals surface area contributed by atoms with Crippen molar-refractivity contribution in [3.05, 3.63) is 29.8 Å². The summed E-state index contributed by atoms with van der Waals surface area (Å²) in [5.74, 6) is 2.29. The number of nitrogens with zero attached hydrogens (tertiary/aromatic N) is 1.